The molecule has 1 aliphatic carbocycles. The Bertz CT molecular complexity index is 553. The van der Waals surface area contributed by atoms with Gasteiger partial charge in [0.15, 0.2) is 0 Å². The van der Waals surface area contributed by atoms with E-state index in [2.05, 4.69) is 18.2 Å². The summed E-state index contributed by atoms with van der Waals surface area (Å²) in [7, 11) is 0. The van der Waals surface area contributed by atoms with Gasteiger partial charge in [-0.3, -0.25) is 0 Å². The second-order valence-corrected chi connectivity index (χ2v) is 5.21. The third-order valence-electron chi connectivity index (χ3n) is 3.38. The van der Waals surface area contributed by atoms with Crippen LogP contribution in [0, 0.1) is 0 Å². The molecule has 0 bridgehead atoms. The average molecular weight is 263 g/mol. The molecule has 0 radical (unpaired) electrons. The molecule has 2 heteroatoms. The molecular formula is C15H12Cl2. The summed E-state index contributed by atoms with van der Waals surface area (Å²) >= 11 is 12.6. The number of aryl methyl sites for hydroxylation is 1. The van der Waals surface area contributed by atoms with Crippen LogP contribution < -0.4 is 0 Å². The third-order valence-corrected chi connectivity index (χ3v) is 4.01. The van der Waals surface area contributed by atoms with E-state index in [1.807, 2.05) is 18.2 Å². The van der Waals surface area contributed by atoms with Crippen molar-refractivity contribution in [3.05, 3.63) is 57.6 Å². The Kier molecular flexibility index (Phi) is 2.85. The number of hydrogen-bond donors (Lipinski definition) is 0. The molecule has 3 rings (SSSR count). The molecule has 2 aromatic carbocycles. The van der Waals surface area contributed by atoms with Crippen molar-refractivity contribution in [1.82, 2.24) is 0 Å². The first-order valence-electron chi connectivity index (χ1n) is 5.82. The van der Waals surface area contributed by atoms with Gasteiger partial charge in [0.1, 0.15) is 0 Å². The van der Waals surface area contributed by atoms with E-state index in [-0.39, 0.29) is 0 Å². The maximum atomic E-state index is 6.28. The summed E-state index contributed by atoms with van der Waals surface area (Å²) in [6, 6.07) is 12.1. The van der Waals surface area contributed by atoms with E-state index in [0.29, 0.717) is 0 Å². The van der Waals surface area contributed by atoms with Gasteiger partial charge in [-0.15, -0.1) is 0 Å². The maximum absolute atomic E-state index is 6.28. The first-order valence-corrected chi connectivity index (χ1v) is 6.58. The van der Waals surface area contributed by atoms with Crippen molar-refractivity contribution in [3.8, 4) is 11.1 Å². The Morgan fingerprint density at radius 1 is 0.824 bits per heavy atom. The minimum atomic E-state index is 0.734. The molecule has 0 spiro atoms. The second kappa shape index (κ2) is 4.36. The van der Waals surface area contributed by atoms with Crippen molar-refractivity contribution in [1.29, 1.82) is 0 Å². The van der Waals surface area contributed by atoms with Crippen LogP contribution in [0.1, 0.15) is 17.5 Å². The molecule has 0 saturated heterocycles. The van der Waals surface area contributed by atoms with Crippen molar-refractivity contribution < 1.29 is 0 Å². The van der Waals surface area contributed by atoms with Gasteiger partial charge in [-0.05, 0) is 48.1 Å². The normalized spacial score (nSPS) is 13.8. The van der Waals surface area contributed by atoms with Crippen LogP contribution in [0.15, 0.2) is 36.4 Å². The van der Waals surface area contributed by atoms with Gasteiger partial charge in [0, 0.05) is 15.6 Å². The molecule has 0 saturated carbocycles. The van der Waals surface area contributed by atoms with Gasteiger partial charge < -0.3 is 0 Å². The Morgan fingerprint density at radius 2 is 1.53 bits per heavy atom. The van der Waals surface area contributed by atoms with E-state index in [1.54, 1.807) is 0 Å². The van der Waals surface area contributed by atoms with Gasteiger partial charge in [0.2, 0.25) is 0 Å². The highest BCUT2D eigenvalue weighted by Crippen LogP contribution is 2.39. The van der Waals surface area contributed by atoms with Crippen LogP contribution >= 0.6 is 23.2 Å². The first kappa shape index (κ1) is 11.1. The zero-order valence-corrected chi connectivity index (χ0v) is 10.9. The van der Waals surface area contributed by atoms with Gasteiger partial charge in [0.25, 0.3) is 0 Å². The highest BCUT2D eigenvalue weighted by molar-refractivity contribution is 6.39. The fourth-order valence-corrected chi connectivity index (χ4v) is 3.21. The zero-order chi connectivity index (χ0) is 11.8. The minimum Gasteiger partial charge on any atom is -0.0836 e. The monoisotopic (exact) mass is 262 g/mol. The number of benzene rings is 2. The number of fused-ring (bicyclic) bond motifs is 1. The summed E-state index contributed by atoms with van der Waals surface area (Å²) in [5.74, 6) is 0. The average Bonchev–Trinajstić information content (AvgIpc) is 2.77. The Balaban J connectivity index is 2.26. The molecule has 0 heterocycles. The molecule has 17 heavy (non-hydrogen) atoms. The quantitative estimate of drug-likeness (QED) is 0.667. The van der Waals surface area contributed by atoms with Gasteiger partial charge in [-0.1, -0.05) is 47.5 Å². The van der Waals surface area contributed by atoms with Gasteiger partial charge in [0.05, 0.1) is 0 Å². The Morgan fingerprint density at radius 3 is 2.29 bits per heavy atom. The topological polar surface area (TPSA) is 0 Å². The fraction of sp³-hybridized carbons (Fsp3) is 0.200. The first-order chi connectivity index (χ1) is 8.27. The molecule has 0 aromatic heterocycles. The standard InChI is InChI=1S/C15H12Cl2/c16-13-8-3-9-14(17)15(13)12-7-2-5-10-4-1-6-11(10)12/h2-3,5,7-9H,1,4,6H2. The molecule has 86 valence electrons. The van der Waals surface area contributed by atoms with Crippen LogP contribution in [0.5, 0.6) is 0 Å². The SMILES string of the molecule is Clc1cccc(Cl)c1-c1cccc2c1CCC2. The largest absolute Gasteiger partial charge is 0.0836 e. The highest BCUT2D eigenvalue weighted by Gasteiger charge is 2.18. The lowest BCUT2D eigenvalue weighted by molar-refractivity contribution is 0.912. The summed E-state index contributed by atoms with van der Waals surface area (Å²) < 4.78 is 0. The number of halogens is 2. The molecule has 0 atom stereocenters. The molecule has 0 aliphatic heterocycles. The van der Waals surface area contributed by atoms with Crippen molar-refractivity contribution >= 4 is 23.2 Å². The predicted molar refractivity (Wildman–Crippen MR) is 73.9 cm³/mol. The van der Waals surface area contributed by atoms with E-state index in [9.17, 15) is 0 Å². The summed E-state index contributed by atoms with van der Waals surface area (Å²) in [5, 5.41) is 1.47. The van der Waals surface area contributed by atoms with Gasteiger partial charge in [-0.25, -0.2) is 0 Å². The van der Waals surface area contributed by atoms with E-state index in [4.69, 9.17) is 23.2 Å². The van der Waals surface area contributed by atoms with E-state index >= 15 is 0 Å². The van der Waals surface area contributed by atoms with Crippen LogP contribution in [0.25, 0.3) is 11.1 Å². The Hall–Kier alpha value is -0.980. The number of rotatable bonds is 1. The minimum absolute atomic E-state index is 0.734. The summed E-state index contributed by atoms with van der Waals surface area (Å²) in [6.07, 6.45) is 3.53. The van der Waals surface area contributed by atoms with Crippen LogP contribution in [0.4, 0.5) is 0 Å². The maximum Gasteiger partial charge on any atom is 0.0499 e. The van der Waals surface area contributed by atoms with E-state index in [1.165, 1.54) is 29.5 Å². The van der Waals surface area contributed by atoms with Crippen LogP contribution in [-0.2, 0) is 12.8 Å². The van der Waals surface area contributed by atoms with Crippen molar-refractivity contribution in [2.45, 2.75) is 19.3 Å². The molecule has 0 nitrogen and oxygen atoms in total. The smallest absolute Gasteiger partial charge is 0.0499 e. The van der Waals surface area contributed by atoms with Crippen LogP contribution in [-0.4, -0.2) is 0 Å². The third kappa shape index (κ3) is 1.86. The van der Waals surface area contributed by atoms with E-state index < -0.39 is 0 Å². The molecule has 0 amide bonds. The Labute approximate surface area is 111 Å². The lowest BCUT2D eigenvalue weighted by Gasteiger charge is -2.11. The molecule has 0 fully saturated rings. The molecular weight excluding hydrogens is 251 g/mol. The highest BCUT2D eigenvalue weighted by atomic mass is 35.5. The molecule has 1 aliphatic rings. The summed E-state index contributed by atoms with van der Waals surface area (Å²) in [5.41, 5.74) is 5.05. The summed E-state index contributed by atoms with van der Waals surface area (Å²) in [6.45, 7) is 0. The van der Waals surface area contributed by atoms with Crippen molar-refractivity contribution in [2.24, 2.45) is 0 Å². The van der Waals surface area contributed by atoms with E-state index in [0.717, 1.165) is 22.0 Å². The zero-order valence-electron chi connectivity index (χ0n) is 9.34. The van der Waals surface area contributed by atoms with Gasteiger partial charge in [-0.2, -0.15) is 0 Å². The van der Waals surface area contributed by atoms with Crippen LogP contribution in [0.2, 0.25) is 10.0 Å². The molecule has 0 N–H and O–H groups in total. The fourth-order valence-electron chi connectivity index (χ4n) is 2.61. The molecule has 0 unspecified atom stereocenters. The second-order valence-electron chi connectivity index (χ2n) is 4.39. The van der Waals surface area contributed by atoms with Crippen LogP contribution in [0.3, 0.4) is 0 Å². The number of hydrogen-bond acceptors (Lipinski definition) is 0. The summed E-state index contributed by atoms with van der Waals surface area (Å²) in [4.78, 5) is 0. The van der Waals surface area contributed by atoms with Gasteiger partial charge >= 0.3 is 0 Å². The lowest BCUT2D eigenvalue weighted by atomic mass is 9.97. The van der Waals surface area contributed by atoms with Crippen molar-refractivity contribution in [2.75, 3.05) is 0 Å². The predicted octanol–water partition coefficient (Wildman–Crippen LogP) is 5.15. The lowest BCUT2D eigenvalue weighted by Crippen LogP contribution is -1.90. The molecule has 2 aromatic rings. The van der Waals surface area contributed by atoms with Crippen molar-refractivity contribution in [3.63, 3.8) is 0 Å².